The van der Waals surface area contributed by atoms with Crippen molar-refractivity contribution in [1.82, 2.24) is 35.1 Å². The number of H-pyrrole nitrogens is 2. The number of benzene rings is 1. The number of nitrogens with one attached hydrogen (secondary N) is 2. The van der Waals surface area contributed by atoms with E-state index in [1.165, 1.54) is 12.1 Å². The Bertz CT molecular complexity index is 1790. The highest BCUT2D eigenvalue weighted by Crippen LogP contribution is 2.35. The Kier molecular flexibility index (Phi) is 4.66. The number of aromatic hydroxyl groups is 1. The maximum absolute atomic E-state index is 14.0. The Morgan fingerprint density at radius 2 is 1.81 bits per heavy atom. The first-order chi connectivity index (χ1) is 18.0. The first kappa shape index (κ1) is 21.4. The van der Waals surface area contributed by atoms with Gasteiger partial charge in [0.1, 0.15) is 34.3 Å². The van der Waals surface area contributed by atoms with Crippen LogP contribution in [0, 0.1) is 5.82 Å². The molecule has 10 nitrogen and oxygen atoms in total. The molecule has 6 heterocycles. The number of nitrogens with two attached hydrogens (primary N) is 1. The van der Waals surface area contributed by atoms with Crippen molar-refractivity contribution >= 4 is 27.8 Å². The van der Waals surface area contributed by atoms with E-state index in [-0.39, 0.29) is 11.8 Å². The molecule has 6 aromatic rings. The van der Waals surface area contributed by atoms with Gasteiger partial charge in [0.25, 0.3) is 0 Å². The molecule has 0 unspecified atom stereocenters. The van der Waals surface area contributed by atoms with Gasteiger partial charge in [-0.05, 0) is 35.9 Å². The number of phenols is 1. The van der Waals surface area contributed by atoms with Gasteiger partial charge >= 0.3 is 0 Å². The molecule has 182 valence electrons. The van der Waals surface area contributed by atoms with Crippen LogP contribution in [-0.2, 0) is 0 Å². The molecule has 1 aliphatic rings. The van der Waals surface area contributed by atoms with Crippen molar-refractivity contribution in [3.05, 3.63) is 67.0 Å². The smallest absolute Gasteiger partial charge is 0.147 e. The number of halogens is 1. The number of pyridine rings is 2. The number of nitrogens with zero attached hydrogens (tertiary/aromatic N) is 6. The van der Waals surface area contributed by atoms with E-state index in [2.05, 4.69) is 30.0 Å². The van der Waals surface area contributed by atoms with Gasteiger partial charge in [-0.1, -0.05) is 0 Å². The van der Waals surface area contributed by atoms with E-state index in [0.29, 0.717) is 33.7 Å². The molecular weight excluding hydrogens is 473 g/mol. The molecule has 0 aliphatic carbocycles. The summed E-state index contributed by atoms with van der Waals surface area (Å²) in [5, 5.41) is 18.2. The topological polar surface area (TPSA) is 146 Å². The van der Waals surface area contributed by atoms with E-state index < -0.39 is 5.82 Å². The zero-order valence-electron chi connectivity index (χ0n) is 19.4. The summed E-state index contributed by atoms with van der Waals surface area (Å²) in [6, 6.07) is 9.81. The predicted octanol–water partition coefficient (Wildman–Crippen LogP) is 3.62. The highest BCUT2D eigenvalue weighted by Gasteiger charge is 2.25. The van der Waals surface area contributed by atoms with Crippen LogP contribution >= 0.6 is 0 Å². The number of hydrogen-bond donors (Lipinski definition) is 4. The van der Waals surface area contributed by atoms with Crippen LogP contribution in [0.1, 0.15) is 0 Å². The number of phenolic OH excluding ortho intramolecular Hbond substituents is 1. The first-order valence-corrected chi connectivity index (χ1v) is 11.7. The Balaban J connectivity index is 1.31. The molecule has 1 saturated heterocycles. The molecule has 1 aromatic carbocycles. The quantitative estimate of drug-likeness (QED) is 0.291. The van der Waals surface area contributed by atoms with Crippen molar-refractivity contribution in [2.24, 2.45) is 5.73 Å². The minimum atomic E-state index is -0.526. The summed E-state index contributed by atoms with van der Waals surface area (Å²) in [5.41, 5.74) is 12.0. The lowest BCUT2D eigenvalue weighted by Gasteiger charge is -2.37. The summed E-state index contributed by atoms with van der Waals surface area (Å²) in [4.78, 5) is 23.7. The summed E-state index contributed by atoms with van der Waals surface area (Å²) in [5.74, 6) is 0.0939. The number of hydrogen-bond acceptors (Lipinski definition) is 8. The van der Waals surface area contributed by atoms with E-state index in [9.17, 15) is 9.50 Å². The highest BCUT2D eigenvalue weighted by atomic mass is 19.1. The Hall–Kier alpha value is -4.90. The molecule has 0 bridgehead atoms. The maximum atomic E-state index is 14.0. The molecule has 0 saturated carbocycles. The fraction of sp³-hybridized carbons (Fsp3) is 0.115. The number of rotatable bonds is 4. The van der Waals surface area contributed by atoms with E-state index in [1.807, 2.05) is 18.2 Å². The largest absolute Gasteiger partial charge is 0.508 e. The second kappa shape index (κ2) is 8.07. The average molecular weight is 494 g/mol. The van der Waals surface area contributed by atoms with E-state index >= 15 is 0 Å². The molecule has 37 heavy (non-hydrogen) atoms. The van der Waals surface area contributed by atoms with Gasteiger partial charge in [0, 0.05) is 42.3 Å². The van der Waals surface area contributed by atoms with Gasteiger partial charge in [-0.3, -0.25) is 15.1 Å². The highest BCUT2D eigenvalue weighted by molar-refractivity contribution is 6.00. The summed E-state index contributed by atoms with van der Waals surface area (Å²) in [6.45, 7) is 1.51. The molecule has 11 heteroatoms. The molecule has 5 N–H and O–H groups in total. The normalized spacial score (nSPS) is 13.9. The van der Waals surface area contributed by atoms with Crippen molar-refractivity contribution < 1.29 is 9.50 Å². The standard InChI is InChI=1S/C26H20FN9O/c27-14-3-13(4-16(37)5-14)18-7-29-8-22-17(18)6-21(31-22)26-25-20(34-35-26)2-1-19(33-25)23-9-30-10-24(32-23)36-11-15(28)12-36/h1-10,15,31,37H,11-12,28H2,(H,34,35). The lowest BCUT2D eigenvalue weighted by atomic mass is 10.0. The number of aromatic amines is 2. The Labute approximate surface area is 209 Å². The van der Waals surface area contributed by atoms with Gasteiger partial charge in [-0.2, -0.15) is 5.10 Å². The molecule has 5 aromatic heterocycles. The summed E-state index contributed by atoms with van der Waals surface area (Å²) >= 11 is 0. The lowest BCUT2D eigenvalue weighted by molar-refractivity contribution is 0.469. The number of anilines is 1. The van der Waals surface area contributed by atoms with Crippen LogP contribution in [0.3, 0.4) is 0 Å². The molecule has 1 fully saturated rings. The predicted molar refractivity (Wildman–Crippen MR) is 137 cm³/mol. The summed E-state index contributed by atoms with van der Waals surface area (Å²) in [7, 11) is 0. The van der Waals surface area contributed by atoms with Crippen LogP contribution in [0.4, 0.5) is 10.2 Å². The van der Waals surface area contributed by atoms with Gasteiger partial charge in [-0.15, -0.1) is 0 Å². The second-order valence-electron chi connectivity index (χ2n) is 9.12. The first-order valence-electron chi connectivity index (χ1n) is 11.7. The second-order valence-corrected chi connectivity index (χ2v) is 9.12. The van der Waals surface area contributed by atoms with Crippen molar-refractivity contribution in [2.75, 3.05) is 18.0 Å². The van der Waals surface area contributed by atoms with Crippen LogP contribution in [-0.4, -0.2) is 59.4 Å². The van der Waals surface area contributed by atoms with Crippen LogP contribution in [0.15, 0.2) is 61.2 Å². The SMILES string of the molecule is NC1CN(c2cncc(-c3ccc4[nH]nc(-c5cc6c(-c7cc(O)cc(F)c7)cncc6[nH]5)c4n3)n2)C1. The minimum Gasteiger partial charge on any atom is -0.508 e. The van der Waals surface area contributed by atoms with Gasteiger partial charge in [0.05, 0.1) is 41.0 Å². The van der Waals surface area contributed by atoms with Crippen LogP contribution in [0.5, 0.6) is 5.75 Å². The third-order valence-electron chi connectivity index (χ3n) is 6.52. The monoisotopic (exact) mass is 493 g/mol. The molecule has 0 spiro atoms. The van der Waals surface area contributed by atoms with E-state index in [0.717, 1.165) is 47.1 Å². The average Bonchev–Trinajstić information content (AvgIpc) is 3.49. The van der Waals surface area contributed by atoms with Crippen LogP contribution in [0.2, 0.25) is 0 Å². The molecular formula is C26H20FN9O. The molecule has 0 atom stereocenters. The summed E-state index contributed by atoms with van der Waals surface area (Å²) < 4.78 is 14.0. The fourth-order valence-electron chi connectivity index (χ4n) is 4.70. The molecule has 1 aliphatic heterocycles. The Morgan fingerprint density at radius 3 is 2.65 bits per heavy atom. The van der Waals surface area contributed by atoms with Crippen LogP contribution in [0.25, 0.3) is 55.8 Å². The third-order valence-corrected chi connectivity index (χ3v) is 6.52. The number of aromatic nitrogens is 7. The third kappa shape index (κ3) is 3.64. The molecule has 7 rings (SSSR count). The van der Waals surface area contributed by atoms with Crippen molar-refractivity contribution in [3.63, 3.8) is 0 Å². The van der Waals surface area contributed by atoms with Gasteiger partial charge in [0.15, 0.2) is 0 Å². The van der Waals surface area contributed by atoms with E-state index in [4.69, 9.17) is 15.7 Å². The fourth-order valence-corrected chi connectivity index (χ4v) is 4.70. The zero-order valence-corrected chi connectivity index (χ0v) is 19.4. The maximum Gasteiger partial charge on any atom is 0.147 e. The lowest BCUT2D eigenvalue weighted by Crippen LogP contribution is -2.56. The van der Waals surface area contributed by atoms with Crippen molar-refractivity contribution in [2.45, 2.75) is 6.04 Å². The molecule has 0 radical (unpaired) electrons. The Morgan fingerprint density at radius 1 is 0.946 bits per heavy atom. The van der Waals surface area contributed by atoms with Crippen molar-refractivity contribution in [1.29, 1.82) is 0 Å². The summed E-state index contributed by atoms with van der Waals surface area (Å²) in [6.07, 6.45) is 6.75. The van der Waals surface area contributed by atoms with Crippen LogP contribution < -0.4 is 10.6 Å². The van der Waals surface area contributed by atoms with Gasteiger partial charge < -0.3 is 20.7 Å². The number of fused-ring (bicyclic) bond motifs is 2. The van der Waals surface area contributed by atoms with Gasteiger partial charge in [0.2, 0.25) is 0 Å². The minimum absolute atomic E-state index is 0.151. The van der Waals surface area contributed by atoms with Crippen molar-refractivity contribution in [3.8, 4) is 39.7 Å². The zero-order chi connectivity index (χ0) is 25.1. The van der Waals surface area contributed by atoms with E-state index in [1.54, 1.807) is 24.8 Å². The van der Waals surface area contributed by atoms with Gasteiger partial charge in [-0.25, -0.2) is 14.4 Å². The molecule has 0 amide bonds.